The Morgan fingerprint density at radius 3 is 2.39 bits per heavy atom. The van der Waals surface area contributed by atoms with Crippen LogP contribution in [0, 0.1) is 5.82 Å². The molecular formula is C22H19FN2O3. The van der Waals surface area contributed by atoms with Crippen molar-refractivity contribution in [2.45, 2.75) is 6.54 Å². The molecule has 5 nitrogen and oxygen atoms in total. The molecule has 0 atom stereocenters. The molecule has 1 amide bonds. The van der Waals surface area contributed by atoms with Gasteiger partial charge in [-0.1, -0.05) is 18.7 Å². The number of rotatable bonds is 8. The minimum absolute atomic E-state index is 0.193. The Morgan fingerprint density at radius 2 is 1.75 bits per heavy atom. The van der Waals surface area contributed by atoms with Gasteiger partial charge in [-0.15, -0.1) is 0 Å². The zero-order valence-corrected chi connectivity index (χ0v) is 15.1. The van der Waals surface area contributed by atoms with Gasteiger partial charge in [0.2, 0.25) is 5.88 Å². The molecule has 0 radical (unpaired) electrons. The number of carbonyl (C=O) groups is 1. The van der Waals surface area contributed by atoms with Crippen LogP contribution in [0.25, 0.3) is 0 Å². The zero-order valence-electron chi connectivity index (χ0n) is 15.1. The summed E-state index contributed by atoms with van der Waals surface area (Å²) in [5.74, 6) is 1.04. The van der Waals surface area contributed by atoms with Gasteiger partial charge in [-0.25, -0.2) is 9.37 Å². The lowest BCUT2D eigenvalue weighted by atomic mass is 10.2. The molecule has 3 rings (SSSR count). The Morgan fingerprint density at radius 1 is 1.04 bits per heavy atom. The van der Waals surface area contributed by atoms with Crippen molar-refractivity contribution in [3.63, 3.8) is 0 Å². The van der Waals surface area contributed by atoms with Crippen LogP contribution in [0.4, 0.5) is 4.39 Å². The summed E-state index contributed by atoms with van der Waals surface area (Å²) in [4.78, 5) is 16.4. The van der Waals surface area contributed by atoms with Crippen molar-refractivity contribution in [2.24, 2.45) is 0 Å². The molecule has 0 aliphatic heterocycles. The SMILES string of the molecule is C=CCOc1ccc(C(=O)NCc2ccc(Oc3ccc(F)cc3)nc2)cc1. The number of halogens is 1. The number of benzene rings is 2. The topological polar surface area (TPSA) is 60.5 Å². The smallest absolute Gasteiger partial charge is 0.251 e. The number of amides is 1. The van der Waals surface area contributed by atoms with Crippen LogP contribution in [0.15, 0.2) is 79.5 Å². The molecule has 0 bridgehead atoms. The number of ether oxygens (including phenoxy) is 2. The standard InChI is InChI=1S/C22H19FN2O3/c1-2-13-27-19-8-4-17(5-9-19)22(26)25-15-16-3-12-21(24-14-16)28-20-10-6-18(23)7-11-20/h2-12,14H,1,13,15H2,(H,25,26). The van der Waals surface area contributed by atoms with Gasteiger partial charge in [0.25, 0.3) is 5.91 Å². The van der Waals surface area contributed by atoms with E-state index < -0.39 is 0 Å². The number of aromatic nitrogens is 1. The molecule has 0 unspecified atom stereocenters. The Balaban J connectivity index is 1.52. The number of nitrogens with zero attached hydrogens (tertiary/aromatic N) is 1. The van der Waals surface area contributed by atoms with Crippen LogP contribution >= 0.6 is 0 Å². The normalized spacial score (nSPS) is 10.2. The van der Waals surface area contributed by atoms with E-state index in [-0.39, 0.29) is 11.7 Å². The van der Waals surface area contributed by atoms with Crippen LogP contribution in [0.3, 0.4) is 0 Å². The predicted octanol–water partition coefficient (Wildman–Crippen LogP) is 4.51. The summed E-state index contributed by atoms with van der Waals surface area (Å²) in [6.45, 7) is 4.34. The molecule has 0 saturated heterocycles. The summed E-state index contributed by atoms with van der Waals surface area (Å²) in [5.41, 5.74) is 1.36. The number of pyridine rings is 1. The molecular weight excluding hydrogens is 359 g/mol. The molecule has 28 heavy (non-hydrogen) atoms. The average Bonchev–Trinajstić information content (AvgIpc) is 2.73. The van der Waals surface area contributed by atoms with Crippen molar-refractivity contribution >= 4 is 5.91 Å². The minimum atomic E-state index is -0.328. The van der Waals surface area contributed by atoms with Crippen molar-refractivity contribution in [1.82, 2.24) is 10.3 Å². The van der Waals surface area contributed by atoms with E-state index in [2.05, 4.69) is 16.9 Å². The second kappa shape index (κ2) is 9.32. The summed E-state index contributed by atoms with van der Waals surface area (Å²) in [6.07, 6.45) is 3.27. The van der Waals surface area contributed by atoms with E-state index in [1.807, 2.05) is 0 Å². The first-order valence-corrected chi connectivity index (χ1v) is 8.64. The van der Waals surface area contributed by atoms with E-state index in [4.69, 9.17) is 9.47 Å². The van der Waals surface area contributed by atoms with Crippen LogP contribution in [0.5, 0.6) is 17.4 Å². The fraction of sp³-hybridized carbons (Fsp3) is 0.0909. The summed E-state index contributed by atoms with van der Waals surface area (Å²) < 4.78 is 23.8. The van der Waals surface area contributed by atoms with Gasteiger partial charge in [-0.05, 0) is 54.1 Å². The number of hydrogen-bond acceptors (Lipinski definition) is 4. The first kappa shape index (κ1) is 19.1. The van der Waals surface area contributed by atoms with Crippen molar-refractivity contribution in [3.8, 4) is 17.4 Å². The van der Waals surface area contributed by atoms with Crippen molar-refractivity contribution in [2.75, 3.05) is 6.61 Å². The summed E-state index contributed by atoms with van der Waals surface area (Å²) >= 11 is 0. The van der Waals surface area contributed by atoms with Gasteiger partial charge < -0.3 is 14.8 Å². The summed E-state index contributed by atoms with van der Waals surface area (Å²) in [5, 5.41) is 2.83. The summed E-state index contributed by atoms with van der Waals surface area (Å²) in [6, 6.07) is 16.1. The van der Waals surface area contributed by atoms with Gasteiger partial charge in [0.05, 0.1) is 0 Å². The molecule has 1 heterocycles. The largest absolute Gasteiger partial charge is 0.490 e. The molecule has 1 aromatic heterocycles. The van der Waals surface area contributed by atoms with Crippen LogP contribution in [-0.4, -0.2) is 17.5 Å². The first-order valence-electron chi connectivity index (χ1n) is 8.64. The molecule has 0 saturated carbocycles. The van der Waals surface area contributed by atoms with Gasteiger partial charge in [0.15, 0.2) is 0 Å². The Bertz CT molecular complexity index is 924. The number of nitrogens with one attached hydrogen (secondary N) is 1. The van der Waals surface area contributed by atoms with E-state index in [9.17, 15) is 9.18 Å². The number of carbonyl (C=O) groups excluding carboxylic acids is 1. The highest BCUT2D eigenvalue weighted by Crippen LogP contribution is 2.19. The van der Waals surface area contributed by atoms with Crippen molar-refractivity contribution in [3.05, 3.63) is 96.5 Å². The molecule has 142 valence electrons. The van der Waals surface area contributed by atoms with Gasteiger partial charge >= 0.3 is 0 Å². The third-order valence-electron chi connectivity index (χ3n) is 3.77. The fourth-order valence-corrected chi connectivity index (χ4v) is 2.34. The van der Waals surface area contributed by atoms with Crippen molar-refractivity contribution < 1.29 is 18.7 Å². The van der Waals surface area contributed by atoms with Gasteiger partial charge in [0.1, 0.15) is 23.9 Å². The van der Waals surface area contributed by atoms with Gasteiger partial charge in [0, 0.05) is 24.4 Å². The van der Waals surface area contributed by atoms with E-state index in [0.29, 0.717) is 36.1 Å². The Kier molecular flexibility index (Phi) is 6.36. The average molecular weight is 378 g/mol. The van der Waals surface area contributed by atoms with Gasteiger partial charge in [-0.3, -0.25) is 4.79 Å². The van der Waals surface area contributed by atoms with Crippen LogP contribution < -0.4 is 14.8 Å². The minimum Gasteiger partial charge on any atom is -0.490 e. The maximum absolute atomic E-state index is 12.9. The highest BCUT2D eigenvalue weighted by atomic mass is 19.1. The van der Waals surface area contributed by atoms with Crippen molar-refractivity contribution in [1.29, 1.82) is 0 Å². The summed E-state index contributed by atoms with van der Waals surface area (Å²) in [7, 11) is 0. The monoisotopic (exact) mass is 378 g/mol. The van der Waals surface area contributed by atoms with E-state index in [1.54, 1.807) is 48.7 Å². The third kappa shape index (κ3) is 5.41. The van der Waals surface area contributed by atoms with Crippen LogP contribution in [0.2, 0.25) is 0 Å². The molecule has 1 N–H and O–H groups in total. The highest BCUT2D eigenvalue weighted by molar-refractivity contribution is 5.94. The second-order valence-corrected chi connectivity index (χ2v) is 5.87. The third-order valence-corrected chi connectivity index (χ3v) is 3.77. The fourth-order valence-electron chi connectivity index (χ4n) is 2.34. The van der Waals surface area contributed by atoms with E-state index in [0.717, 1.165) is 5.56 Å². The molecule has 0 aliphatic rings. The molecule has 3 aromatic rings. The Labute approximate surface area is 162 Å². The molecule has 0 fully saturated rings. The maximum Gasteiger partial charge on any atom is 0.251 e. The molecule has 0 spiro atoms. The molecule has 0 aliphatic carbocycles. The quantitative estimate of drug-likeness (QED) is 0.586. The number of hydrogen-bond donors (Lipinski definition) is 1. The first-order chi connectivity index (χ1) is 13.6. The maximum atomic E-state index is 12.9. The highest BCUT2D eigenvalue weighted by Gasteiger charge is 2.06. The Hall–Kier alpha value is -3.67. The lowest BCUT2D eigenvalue weighted by Gasteiger charge is -2.08. The van der Waals surface area contributed by atoms with Crippen LogP contribution in [0.1, 0.15) is 15.9 Å². The van der Waals surface area contributed by atoms with E-state index >= 15 is 0 Å². The zero-order chi connectivity index (χ0) is 19.8. The predicted molar refractivity (Wildman–Crippen MR) is 104 cm³/mol. The molecule has 2 aromatic carbocycles. The van der Waals surface area contributed by atoms with Gasteiger partial charge in [-0.2, -0.15) is 0 Å². The second-order valence-electron chi connectivity index (χ2n) is 5.87. The lowest BCUT2D eigenvalue weighted by Crippen LogP contribution is -2.22. The molecule has 6 heteroatoms. The lowest BCUT2D eigenvalue weighted by molar-refractivity contribution is 0.0951. The van der Waals surface area contributed by atoms with Crippen LogP contribution in [-0.2, 0) is 6.54 Å². The van der Waals surface area contributed by atoms with E-state index in [1.165, 1.54) is 24.3 Å².